The van der Waals surface area contributed by atoms with Gasteiger partial charge in [-0.2, -0.15) is 4.98 Å². The first kappa shape index (κ1) is 14.6. The SMILES string of the molecule is CCNc1nc(NCCC2CCCCC2)c2ccsc2n1. The summed E-state index contributed by atoms with van der Waals surface area (Å²) < 4.78 is 0. The van der Waals surface area contributed by atoms with Crippen molar-refractivity contribution in [2.24, 2.45) is 5.92 Å². The number of anilines is 2. The minimum absolute atomic E-state index is 0.729. The molecule has 1 saturated carbocycles. The number of nitrogens with zero attached hydrogens (tertiary/aromatic N) is 2. The zero-order chi connectivity index (χ0) is 14.5. The predicted octanol–water partition coefficient (Wildman–Crippen LogP) is 4.51. The third kappa shape index (κ3) is 3.64. The summed E-state index contributed by atoms with van der Waals surface area (Å²) in [5.74, 6) is 2.61. The molecule has 1 fully saturated rings. The van der Waals surface area contributed by atoms with Crippen LogP contribution in [0.25, 0.3) is 10.2 Å². The van der Waals surface area contributed by atoms with Crippen molar-refractivity contribution in [3.63, 3.8) is 0 Å². The van der Waals surface area contributed by atoms with Crippen LogP contribution in [0.2, 0.25) is 0 Å². The quantitative estimate of drug-likeness (QED) is 0.824. The average Bonchev–Trinajstić information content (AvgIpc) is 2.97. The van der Waals surface area contributed by atoms with E-state index in [1.54, 1.807) is 11.3 Å². The molecule has 2 aromatic rings. The molecule has 2 N–H and O–H groups in total. The molecule has 114 valence electrons. The van der Waals surface area contributed by atoms with E-state index in [9.17, 15) is 0 Å². The zero-order valence-electron chi connectivity index (χ0n) is 12.7. The van der Waals surface area contributed by atoms with Gasteiger partial charge in [0, 0.05) is 13.1 Å². The summed E-state index contributed by atoms with van der Waals surface area (Å²) in [6, 6.07) is 2.11. The molecular weight excluding hydrogens is 280 g/mol. The Bertz CT molecular complexity index is 575. The van der Waals surface area contributed by atoms with Gasteiger partial charge in [0.15, 0.2) is 0 Å². The molecule has 2 aromatic heterocycles. The first-order valence-electron chi connectivity index (χ1n) is 8.10. The standard InChI is InChI=1S/C16H24N4S/c1-2-17-16-19-14(13-9-11-21-15(13)20-16)18-10-8-12-6-4-3-5-7-12/h9,11-12H,2-8,10H2,1H3,(H2,17,18,19,20). The summed E-state index contributed by atoms with van der Waals surface area (Å²) in [5.41, 5.74) is 0. The lowest BCUT2D eigenvalue weighted by molar-refractivity contribution is 0.345. The Morgan fingerprint density at radius 2 is 2.05 bits per heavy atom. The van der Waals surface area contributed by atoms with E-state index in [0.717, 1.165) is 41.0 Å². The van der Waals surface area contributed by atoms with Crippen molar-refractivity contribution >= 4 is 33.3 Å². The lowest BCUT2D eigenvalue weighted by Crippen LogP contribution is -2.13. The fourth-order valence-corrected chi connectivity index (χ4v) is 3.86. The Balaban J connectivity index is 1.65. The molecule has 0 saturated heterocycles. The molecule has 0 aliphatic heterocycles. The average molecular weight is 304 g/mol. The molecule has 0 amide bonds. The molecule has 0 bridgehead atoms. The van der Waals surface area contributed by atoms with Gasteiger partial charge in [-0.25, -0.2) is 4.98 Å². The highest BCUT2D eigenvalue weighted by Crippen LogP contribution is 2.28. The van der Waals surface area contributed by atoms with Crippen LogP contribution in [-0.2, 0) is 0 Å². The van der Waals surface area contributed by atoms with Crippen LogP contribution in [0.5, 0.6) is 0 Å². The molecule has 1 aliphatic rings. The maximum atomic E-state index is 4.62. The van der Waals surface area contributed by atoms with E-state index < -0.39 is 0 Å². The van der Waals surface area contributed by atoms with Crippen molar-refractivity contribution < 1.29 is 0 Å². The van der Waals surface area contributed by atoms with Gasteiger partial charge < -0.3 is 10.6 Å². The molecule has 21 heavy (non-hydrogen) atoms. The van der Waals surface area contributed by atoms with Crippen molar-refractivity contribution in [2.45, 2.75) is 45.4 Å². The first-order chi connectivity index (χ1) is 10.4. The smallest absolute Gasteiger partial charge is 0.226 e. The Hall–Kier alpha value is -1.36. The Morgan fingerprint density at radius 1 is 1.19 bits per heavy atom. The number of rotatable bonds is 6. The van der Waals surface area contributed by atoms with Gasteiger partial charge in [-0.1, -0.05) is 32.1 Å². The lowest BCUT2D eigenvalue weighted by Gasteiger charge is -2.21. The van der Waals surface area contributed by atoms with E-state index in [0.29, 0.717) is 0 Å². The van der Waals surface area contributed by atoms with Crippen molar-refractivity contribution in [3.8, 4) is 0 Å². The van der Waals surface area contributed by atoms with Gasteiger partial charge in [0.05, 0.1) is 5.39 Å². The van der Waals surface area contributed by atoms with Crippen molar-refractivity contribution in [1.82, 2.24) is 9.97 Å². The summed E-state index contributed by atoms with van der Waals surface area (Å²) in [6.07, 6.45) is 8.32. The van der Waals surface area contributed by atoms with Gasteiger partial charge in [0.25, 0.3) is 0 Å². The minimum atomic E-state index is 0.729. The van der Waals surface area contributed by atoms with Gasteiger partial charge in [0.2, 0.25) is 5.95 Å². The second kappa shape index (κ2) is 7.07. The summed E-state index contributed by atoms with van der Waals surface area (Å²) >= 11 is 1.67. The summed E-state index contributed by atoms with van der Waals surface area (Å²) in [4.78, 5) is 10.2. The van der Waals surface area contributed by atoms with E-state index >= 15 is 0 Å². The minimum Gasteiger partial charge on any atom is -0.369 e. The van der Waals surface area contributed by atoms with Gasteiger partial charge >= 0.3 is 0 Å². The summed E-state index contributed by atoms with van der Waals surface area (Å²) in [6.45, 7) is 3.93. The van der Waals surface area contributed by atoms with Crippen molar-refractivity contribution in [1.29, 1.82) is 0 Å². The molecular formula is C16H24N4S. The van der Waals surface area contributed by atoms with Crippen LogP contribution in [0.15, 0.2) is 11.4 Å². The van der Waals surface area contributed by atoms with E-state index in [1.807, 2.05) is 0 Å². The third-order valence-corrected chi connectivity index (χ3v) is 5.04. The maximum Gasteiger partial charge on any atom is 0.226 e. The fraction of sp³-hybridized carbons (Fsp3) is 0.625. The van der Waals surface area contributed by atoms with Gasteiger partial charge in [-0.15, -0.1) is 11.3 Å². The molecule has 0 spiro atoms. The second-order valence-electron chi connectivity index (χ2n) is 5.79. The van der Waals surface area contributed by atoms with E-state index in [4.69, 9.17) is 0 Å². The van der Waals surface area contributed by atoms with Gasteiger partial charge in [0.1, 0.15) is 10.6 Å². The Labute approximate surface area is 130 Å². The lowest BCUT2D eigenvalue weighted by atomic mass is 9.87. The van der Waals surface area contributed by atoms with Crippen LogP contribution < -0.4 is 10.6 Å². The van der Waals surface area contributed by atoms with Crippen LogP contribution in [0.4, 0.5) is 11.8 Å². The molecule has 0 unspecified atom stereocenters. The van der Waals surface area contributed by atoms with Gasteiger partial charge in [-0.3, -0.25) is 0 Å². The molecule has 4 nitrogen and oxygen atoms in total. The molecule has 0 aromatic carbocycles. The van der Waals surface area contributed by atoms with E-state index in [2.05, 4.69) is 39.0 Å². The molecule has 5 heteroatoms. The molecule has 2 heterocycles. The molecule has 0 atom stereocenters. The highest BCUT2D eigenvalue weighted by molar-refractivity contribution is 7.16. The molecule has 1 aliphatic carbocycles. The molecule has 3 rings (SSSR count). The highest BCUT2D eigenvalue weighted by atomic mass is 32.1. The summed E-state index contributed by atoms with van der Waals surface area (Å²) in [7, 11) is 0. The number of nitrogens with one attached hydrogen (secondary N) is 2. The van der Waals surface area contributed by atoms with Gasteiger partial charge in [-0.05, 0) is 30.7 Å². The second-order valence-corrected chi connectivity index (χ2v) is 6.68. The monoisotopic (exact) mass is 304 g/mol. The van der Waals surface area contributed by atoms with Crippen LogP contribution in [0.3, 0.4) is 0 Å². The normalized spacial score (nSPS) is 16.2. The predicted molar refractivity (Wildman–Crippen MR) is 91.3 cm³/mol. The first-order valence-corrected chi connectivity index (χ1v) is 8.97. The Kier molecular flexibility index (Phi) is 4.91. The zero-order valence-corrected chi connectivity index (χ0v) is 13.5. The van der Waals surface area contributed by atoms with Crippen LogP contribution >= 0.6 is 11.3 Å². The molecule has 0 radical (unpaired) electrons. The van der Waals surface area contributed by atoms with Crippen LogP contribution in [0, 0.1) is 5.92 Å². The largest absolute Gasteiger partial charge is 0.369 e. The fourth-order valence-electron chi connectivity index (χ4n) is 3.10. The Morgan fingerprint density at radius 3 is 2.86 bits per heavy atom. The van der Waals surface area contributed by atoms with E-state index in [1.165, 1.54) is 38.5 Å². The van der Waals surface area contributed by atoms with Crippen LogP contribution in [-0.4, -0.2) is 23.1 Å². The maximum absolute atomic E-state index is 4.62. The van der Waals surface area contributed by atoms with Crippen molar-refractivity contribution in [2.75, 3.05) is 23.7 Å². The number of aromatic nitrogens is 2. The van der Waals surface area contributed by atoms with E-state index in [-0.39, 0.29) is 0 Å². The summed E-state index contributed by atoms with van der Waals surface area (Å²) in [5, 5.41) is 9.98. The number of hydrogen-bond acceptors (Lipinski definition) is 5. The third-order valence-electron chi connectivity index (χ3n) is 4.23. The topological polar surface area (TPSA) is 49.8 Å². The number of hydrogen-bond donors (Lipinski definition) is 2. The van der Waals surface area contributed by atoms with Crippen molar-refractivity contribution in [3.05, 3.63) is 11.4 Å². The highest BCUT2D eigenvalue weighted by Gasteiger charge is 2.13. The van der Waals surface area contributed by atoms with Crippen LogP contribution in [0.1, 0.15) is 45.4 Å². The number of fused-ring (bicyclic) bond motifs is 1. The number of thiophene rings is 1.